The van der Waals surface area contributed by atoms with E-state index >= 15 is 0 Å². The first-order valence-electron chi connectivity index (χ1n) is 17.9. The summed E-state index contributed by atoms with van der Waals surface area (Å²) in [5, 5.41) is 29.9. The minimum atomic E-state index is -1.17. The molecule has 0 radical (unpaired) electrons. The van der Waals surface area contributed by atoms with E-state index < -0.39 is 17.7 Å². The predicted molar refractivity (Wildman–Crippen MR) is 202 cm³/mol. The maximum Gasteiger partial charge on any atom is 0.339 e. The normalized spacial score (nSPS) is 12.6. The summed E-state index contributed by atoms with van der Waals surface area (Å²) in [5.74, 6) is -2.78. The maximum absolute atomic E-state index is 13.1. The number of carbonyl (C=O) groups is 4. The summed E-state index contributed by atoms with van der Waals surface area (Å²) in [5.41, 5.74) is 2.42. The van der Waals surface area contributed by atoms with Crippen LogP contribution < -0.4 is 9.80 Å². The molecule has 0 heterocycles. The van der Waals surface area contributed by atoms with Crippen LogP contribution >= 0.6 is 0 Å². The van der Waals surface area contributed by atoms with Crippen molar-refractivity contribution in [3.05, 3.63) is 118 Å². The minimum Gasteiger partial charge on any atom is -0.507 e. The van der Waals surface area contributed by atoms with Crippen LogP contribution in [-0.4, -0.2) is 71.1 Å². The van der Waals surface area contributed by atoms with Gasteiger partial charge in [0.1, 0.15) is 17.6 Å². The number of nitrogens with zero attached hydrogens (tertiary/aromatic N) is 2. The van der Waals surface area contributed by atoms with E-state index in [0.29, 0.717) is 0 Å². The molecule has 274 valence electrons. The Morgan fingerprint density at radius 1 is 0.577 bits per heavy atom. The molecule has 1 fully saturated rings. The van der Waals surface area contributed by atoms with E-state index in [0.717, 1.165) is 63.2 Å². The number of carboxylic acids is 1. The Kier molecular flexibility index (Phi) is 14.0. The minimum absolute atomic E-state index is 0.0610. The first-order chi connectivity index (χ1) is 25.0. The number of aromatic hydroxyl groups is 2. The van der Waals surface area contributed by atoms with Gasteiger partial charge in [-0.1, -0.05) is 42.8 Å². The van der Waals surface area contributed by atoms with Crippen LogP contribution in [0.15, 0.2) is 84.9 Å². The Labute approximate surface area is 305 Å². The molecule has 0 spiro atoms. The number of esters is 1. The fourth-order valence-electron chi connectivity index (χ4n) is 6.41. The Morgan fingerprint density at radius 3 is 1.38 bits per heavy atom. The number of carboxylic acid groups (broad SMARTS) is 1. The van der Waals surface area contributed by atoms with Gasteiger partial charge in [-0.05, 0) is 89.8 Å². The molecule has 0 bridgehead atoms. The molecule has 4 aromatic rings. The van der Waals surface area contributed by atoms with Crippen molar-refractivity contribution >= 4 is 34.9 Å². The molecule has 5 rings (SSSR count). The molecule has 4 aromatic carbocycles. The molecule has 0 saturated heterocycles. The summed E-state index contributed by atoms with van der Waals surface area (Å²) in [6.45, 7) is 11.3. The van der Waals surface area contributed by atoms with Gasteiger partial charge in [0.2, 0.25) is 0 Å². The fourth-order valence-corrected chi connectivity index (χ4v) is 6.41. The number of anilines is 2. The maximum atomic E-state index is 13.1. The molecule has 0 amide bonds. The molecule has 0 aromatic heterocycles. The van der Waals surface area contributed by atoms with Crippen molar-refractivity contribution in [1.29, 1.82) is 0 Å². The zero-order valence-corrected chi connectivity index (χ0v) is 30.3. The summed E-state index contributed by atoms with van der Waals surface area (Å²) in [6.07, 6.45) is 4.95. The average molecular weight is 709 g/mol. The Hall–Kier alpha value is -5.64. The zero-order valence-electron chi connectivity index (χ0n) is 30.3. The van der Waals surface area contributed by atoms with E-state index in [1.165, 1.54) is 30.7 Å². The van der Waals surface area contributed by atoms with Gasteiger partial charge in [-0.25, -0.2) is 9.59 Å². The molecule has 0 unspecified atom stereocenters. The molecule has 1 aliphatic rings. The van der Waals surface area contributed by atoms with Gasteiger partial charge in [0, 0.05) is 60.8 Å². The molecular weight excluding hydrogens is 660 g/mol. The first-order valence-corrected chi connectivity index (χ1v) is 17.9. The van der Waals surface area contributed by atoms with E-state index in [1.54, 1.807) is 54.6 Å². The van der Waals surface area contributed by atoms with Crippen LogP contribution in [0, 0.1) is 0 Å². The van der Waals surface area contributed by atoms with Crippen LogP contribution in [0.3, 0.4) is 0 Å². The number of phenols is 2. The van der Waals surface area contributed by atoms with E-state index in [2.05, 4.69) is 4.90 Å². The number of hydrogen-bond donors (Lipinski definition) is 3. The highest BCUT2D eigenvalue weighted by Gasteiger charge is 2.25. The van der Waals surface area contributed by atoms with Gasteiger partial charge < -0.3 is 29.9 Å². The molecule has 52 heavy (non-hydrogen) atoms. The van der Waals surface area contributed by atoms with E-state index in [4.69, 9.17) is 4.74 Å². The Balaban J connectivity index is 0.000000239. The lowest BCUT2D eigenvalue weighted by Gasteiger charge is -2.22. The van der Waals surface area contributed by atoms with Gasteiger partial charge in [0.15, 0.2) is 11.6 Å². The van der Waals surface area contributed by atoms with E-state index in [9.17, 15) is 34.5 Å². The van der Waals surface area contributed by atoms with Crippen molar-refractivity contribution in [3.63, 3.8) is 0 Å². The largest absolute Gasteiger partial charge is 0.507 e. The zero-order chi connectivity index (χ0) is 37.8. The number of hydrogen-bond acceptors (Lipinski definition) is 9. The fraction of sp³-hybridized carbons (Fsp3) is 0.333. The highest BCUT2D eigenvalue weighted by molar-refractivity contribution is 6.16. The second kappa shape index (κ2) is 18.6. The number of carbonyl (C=O) groups excluding carboxylic acids is 3. The summed E-state index contributed by atoms with van der Waals surface area (Å²) >= 11 is 0. The third kappa shape index (κ3) is 9.37. The molecular formula is C42H48N2O8. The van der Waals surface area contributed by atoms with Crippen LogP contribution in [-0.2, 0) is 4.74 Å². The SMILES string of the molecule is CCN(CC)c1ccc(C(=O)c2ccccc2C(=O)O)c(O)c1.CCN(CC)c1ccc(C(=O)c2ccccc2C(=O)OC2CCCCC2)c(O)c1. The molecule has 3 N–H and O–H groups in total. The standard InChI is InChI=1S/C24H29NO4.C18H19NO4/c1-3-25(4-2)17-14-15-21(22(26)16-17)23(27)19-12-8-9-13-20(19)24(28)29-18-10-6-5-7-11-18;1-3-19(4-2)12-9-10-15(16(20)11-12)17(21)13-7-5-6-8-14(13)18(22)23/h8-9,12-16,18,26H,3-7,10-11H2,1-2H3;5-11,20H,3-4H2,1-2H3,(H,22,23). The topological polar surface area (TPSA) is 145 Å². The van der Waals surface area contributed by atoms with Gasteiger partial charge in [-0.15, -0.1) is 0 Å². The molecule has 10 heteroatoms. The third-order valence-electron chi connectivity index (χ3n) is 9.33. The van der Waals surface area contributed by atoms with Crippen molar-refractivity contribution in [3.8, 4) is 11.5 Å². The number of phenolic OH excluding ortho intramolecular Hbond substituents is 2. The summed E-state index contributed by atoms with van der Waals surface area (Å²) in [6, 6.07) is 22.5. The highest BCUT2D eigenvalue weighted by Crippen LogP contribution is 2.30. The van der Waals surface area contributed by atoms with Gasteiger partial charge in [-0.3, -0.25) is 9.59 Å². The lowest BCUT2D eigenvalue weighted by atomic mass is 9.96. The van der Waals surface area contributed by atoms with Crippen molar-refractivity contribution in [1.82, 2.24) is 0 Å². The quantitative estimate of drug-likeness (QED) is 0.0920. The summed E-state index contributed by atoms with van der Waals surface area (Å²) < 4.78 is 5.65. The average Bonchev–Trinajstić information content (AvgIpc) is 3.16. The second-order valence-electron chi connectivity index (χ2n) is 12.5. The van der Waals surface area contributed by atoms with E-state index in [-0.39, 0.29) is 56.8 Å². The smallest absolute Gasteiger partial charge is 0.339 e. The van der Waals surface area contributed by atoms with Crippen molar-refractivity contribution in [2.24, 2.45) is 0 Å². The third-order valence-corrected chi connectivity index (χ3v) is 9.33. The lowest BCUT2D eigenvalue weighted by Crippen LogP contribution is -2.22. The van der Waals surface area contributed by atoms with Gasteiger partial charge in [0.25, 0.3) is 0 Å². The van der Waals surface area contributed by atoms with Crippen LogP contribution in [0.25, 0.3) is 0 Å². The van der Waals surface area contributed by atoms with Crippen LogP contribution in [0.1, 0.15) is 112 Å². The first kappa shape index (κ1) is 39.2. The molecule has 0 aliphatic heterocycles. The van der Waals surface area contributed by atoms with Crippen molar-refractivity contribution < 1.29 is 39.2 Å². The Morgan fingerprint density at radius 2 is 0.981 bits per heavy atom. The number of benzene rings is 4. The Bertz CT molecular complexity index is 1870. The number of ketones is 2. The molecule has 1 saturated carbocycles. The second-order valence-corrected chi connectivity index (χ2v) is 12.5. The van der Waals surface area contributed by atoms with Gasteiger partial charge in [-0.2, -0.15) is 0 Å². The lowest BCUT2D eigenvalue weighted by molar-refractivity contribution is 0.0209. The molecule has 1 aliphatic carbocycles. The molecule has 10 nitrogen and oxygen atoms in total. The van der Waals surface area contributed by atoms with Crippen molar-refractivity contribution in [2.75, 3.05) is 36.0 Å². The van der Waals surface area contributed by atoms with Crippen LogP contribution in [0.4, 0.5) is 11.4 Å². The van der Waals surface area contributed by atoms with Crippen molar-refractivity contribution in [2.45, 2.75) is 65.9 Å². The highest BCUT2D eigenvalue weighted by atomic mass is 16.5. The number of ether oxygens (including phenoxy) is 1. The van der Waals surface area contributed by atoms with Gasteiger partial charge >= 0.3 is 11.9 Å². The number of aromatic carboxylic acids is 1. The van der Waals surface area contributed by atoms with Crippen LogP contribution in [0.5, 0.6) is 11.5 Å². The van der Waals surface area contributed by atoms with Gasteiger partial charge in [0.05, 0.1) is 22.3 Å². The predicted octanol–water partition coefficient (Wildman–Crippen LogP) is 8.13. The number of rotatable bonds is 13. The molecule has 0 atom stereocenters. The van der Waals surface area contributed by atoms with Crippen LogP contribution in [0.2, 0.25) is 0 Å². The summed E-state index contributed by atoms with van der Waals surface area (Å²) in [4.78, 5) is 53.8. The summed E-state index contributed by atoms with van der Waals surface area (Å²) in [7, 11) is 0. The monoisotopic (exact) mass is 708 g/mol. The van der Waals surface area contributed by atoms with E-state index in [1.807, 2.05) is 38.7 Å².